The Morgan fingerprint density at radius 2 is 1.58 bits per heavy atom. The molecule has 0 aliphatic heterocycles. The first-order valence-electron chi connectivity index (χ1n) is 8.36. The third-order valence-corrected chi connectivity index (χ3v) is 4.00. The highest BCUT2D eigenvalue weighted by molar-refractivity contribution is 6.28. The van der Waals surface area contributed by atoms with Gasteiger partial charge in [-0.05, 0) is 42.2 Å². The number of hydrogen-bond donors (Lipinski definition) is 1. The highest BCUT2D eigenvalue weighted by Gasteiger charge is 2.18. The van der Waals surface area contributed by atoms with E-state index in [1.807, 2.05) is 45.0 Å². The summed E-state index contributed by atoms with van der Waals surface area (Å²) in [7, 11) is 0. The van der Waals surface area contributed by atoms with Crippen LogP contribution in [0.5, 0.6) is 0 Å². The molecule has 2 aromatic rings. The van der Waals surface area contributed by atoms with Crippen LogP contribution in [0.3, 0.4) is 0 Å². The number of amides is 2. The summed E-state index contributed by atoms with van der Waals surface area (Å²) in [6.07, 6.45) is 1.67. The second-order valence-corrected chi connectivity index (χ2v) is 6.44. The molecule has 3 nitrogen and oxygen atoms in total. The summed E-state index contributed by atoms with van der Waals surface area (Å²) in [4.78, 5) is 24.9. The van der Waals surface area contributed by atoms with Crippen molar-refractivity contribution in [2.45, 2.75) is 20.8 Å². The molecular formula is C22H22FNO2. The van der Waals surface area contributed by atoms with Crippen molar-refractivity contribution in [1.82, 2.24) is 5.32 Å². The molecule has 0 radical (unpaired) electrons. The lowest BCUT2D eigenvalue weighted by Crippen LogP contribution is -2.33. The molecule has 0 saturated heterocycles. The zero-order valence-electron chi connectivity index (χ0n) is 15.2. The lowest BCUT2D eigenvalue weighted by molar-refractivity contribution is -0.125. The molecule has 0 aromatic heterocycles. The van der Waals surface area contributed by atoms with E-state index in [4.69, 9.17) is 0 Å². The summed E-state index contributed by atoms with van der Waals surface area (Å²) in [6.45, 7) is 9.34. The standard InChI is InChI=1S/C22H22FNO2/c1-14(2)16(4)21(25)24-22(26)20(18-9-11-19(23)12-10-18)13-17-7-5-15(3)6-8-17/h5-14H,4H2,1-3H3,(H,24,25,26)/b20-13+. The van der Waals surface area contributed by atoms with Crippen molar-refractivity contribution >= 4 is 23.5 Å². The van der Waals surface area contributed by atoms with Gasteiger partial charge in [0.15, 0.2) is 0 Å². The van der Waals surface area contributed by atoms with Gasteiger partial charge in [0.05, 0.1) is 0 Å². The molecule has 0 atom stereocenters. The zero-order valence-corrected chi connectivity index (χ0v) is 15.2. The van der Waals surface area contributed by atoms with Crippen LogP contribution in [0.2, 0.25) is 0 Å². The van der Waals surface area contributed by atoms with Crippen LogP contribution < -0.4 is 5.32 Å². The van der Waals surface area contributed by atoms with Crippen LogP contribution in [0.25, 0.3) is 11.6 Å². The molecule has 2 aromatic carbocycles. The third-order valence-electron chi connectivity index (χ3n) is 4.00. The average Bonchev–Trinajstić information content (AvgIpc) is 2.61. The van der Waals surface area contributed by atoms with E-state index in [1.54, 1.807) is 6.08 Å². The van der Waals surface area contributed by atoms with Crippen LogP contribution >= 0.6 is 0 Å². The number of carbonyl (C=O) groups excluding carboxylic acids is 2. The Hall–Kier alpha value is -3.01. The van der Waals surface area contributed by atoms with Crippen molar-refractivity contribution < 1.29 is 14.0 Å². The van der Waals surface area contributed by atoms with E-state index in [2.05, 4.69) is 11.9 Å². The fourth-order valence-corrected chi connectivity index (χ4v) is 2.25. The number of imide groups is 1. The quantitative estimate of drug-likeness (QED) is 0.635. The number of rotatable bonds is 5. The van der Waals surface area contributed by atoms with Gasteiger partial charge in [-0.2, -0.15) is 0 Å². The van der Waals surface area contributed by atoms with E-state index in [0.29, 0.717) is 11.1 Å². The van der Waals surface area contributed by atoms with Gasteiger partial charge >= 0.3 is 0 Å². The summed E-state index contributed by atoms with van der Waals surface area (Å²) in [5.74, 6) is -1.53. The minimum Gasteiger partial charge on any atom is -0.288 e. The van der Waals surface area contributed by atoms with Crippen LogP contribution in [0.15, 0.2) is 60.7 Å². The van der Waals surface area contributed by atoms with Gasteiger partial charge in [0.1, 0.15) is 5.82 Å². The largest absolute Gasteiger partial charge is 0.288 e. The topological polar surface area (TPSA) is 46.2 Å². The summed E-state index contributed by atoms with van der Waals surface area (Å²) < 4.78 is 13.2. The van der Waals surface area contributed by atoms with Crippen molar-refractivity contribution in [3.63, 3.8) is 0 Å². The van der Waals surface area contributed by atoms with Crippen LogP contribution in [0, 0.1) is 18.7 Å². The van der Waals surface area contributed by atoms with E-state index in [9.17, 15) is 14.0 Å². The van der Waals surface area contributed by atoms with Gasteiger partial charge in [-0.15, -0.1) is 0 Å². The van der Waals surface area contributed by atoms with Crippen molar-refractivity contribution in [1.29, 1.82) is 0 Å². The first-order chi connectivity index (χ1) is 12.3. The normalized spacial score (nSPS) is 11.3. The minimum atomic E-state index is -0.552. The zero-order chi connectivity index (χ0) is 19.3. The Morgan fingerprint density at radius 1 is 1.00 bits per heavy atom. The van der Waals surface area contributed by atoms with Gasteiger partial charge in [0, 0.05) is 11.1 Å². The molecule has 0 fully saturated rings. The Labute approximate surface area is 153 Å². The Bertz CT molecular complexity index is 847. The van der Waals surface area contributed by atoms with Gasteiger partial charge in [-0.1, -0.05) is 62.4 Å². The van der Waals surface area contributed by atoms with Gasteiger partial charge in [-0.3, -0.25) is 14.9 Å². The number of aryl methyl sites for hydroxylation is 1. The number of nitrogens with one attached hydrogen (secondary N) is 1. The Morgan fingerprint density at radius 3 is 2.12 bits per heavy atom. The fourth-order valence-electron chi connectivity index (χ4n) is 2.25. The smallest absolute Gasteiger partial charge is 0.258 e. The van der Waals surface area contributed by atoms with E-state index in [1.165, 1.54) is 24.3 Å². The molecule has 1 N–H and O–H groups in total. The molecule has 26 heavy (non-hydrogen) atoms. The van der Waals surface area contributed by atoms with Gasteiger partial charge in [0.2, 0.25) is 0 Å². The average molecular weight is 351 g/mol. The maximum Gasteiger partial charge on any atom is 0.258 e. The number of carbonyl (C=O) groups is 2. The second kappa shape index (κ2) is 8.39. The van der Waals surface area contributed by atoms with Crippen LogP contribution in [-0.4, -0.2) is 11.8 Å². The van der Waals surface area contributed by atoms with E-state index >= 15 is 0 Å². The molecule has 0 bridgehead atoms. The molecule has 4 heteroatoms. The summed E-state index contributed by atoms with van der Waals surface area (Å²) in [5.41, 5.74) is 3.02. The van der Waals surface area contributed by atoms with Crippen molar-refractivity contribution in [3.8, 4) is 0 Å². The van der Waals surface area contributed by atoms with E-state index in [-0.39, 0.29) is 11.5 Å². The van der Waals surface area contributed by atoms with Crippen molar-refractivity contribution in [2.24, 2.45) is 5.92 Å². The molecule has 2 amide bonds. The first kappa shape index (κ1) is 19.3. The van der Waals surface area contributed by atoms with E-state index in [0.717, 1.165) is 11.1 Å². The lowest BCUT2D eigenvalue weighted by Gasteiger charge is -2.12. The maximum absolute atomic E-state index is 13.2. The highest BCUT2D eigenvalue weighted by atomic mass is 19.1. The number of halogens is 1. The molecule has 0 aliphatic carbocycles. The maximum atomic E-state index is 13.2. The van der Waals surface area contributed by atoms with Crippen LogP contribution in [0.1, 0.15) is 30.5 Å². The Balaban J connectivity index is 2.38. The van der Waals surface area contributed by atoms with Crippen LogP contribution in [0.4, 0.5) is 4.39 Å². The predicted octanol–water partition coefficient (Wildman–Crippen LogP) is 4.53. The molecule has 0 heterocycles. The molecule has 0 aliphatic rings. The minimum absolute atomic E-state index is 0.0712. The molecular weight excluding hydrogens is 329 g/mol. The molecule has 0 spiro atoms. The summed E-state index contributed by atoms with van der Waals surface area (Å²) >= 11 is 0. The van der Waals surface area contributed by atoms with E-state index < -0.39 is 17.6 Å². The summed E-state index contributed by atoms with van der Waals surface area (Å²) in [6, 6.07) is 13.2. The first-order valence-corrected chi connectivity index (χ1v) is 8.36. The SMILES string of the molecule is C=C(C(=O)NC(=O)/C(=C/c1ccc(C)cc1)c1ccc(F)cc1)C(C)C. The monoisotopic (exact) mass is 351 g/mol. The third kappa shape index (κ3) is 4.99. The summed E-state index contributed by atoms with van der Waals surface area (Å²) in [5, 5.41) is 2.37. The van der Waals surface area contributed by atoms with Gasteiger partial charge in [0.25, 0.3) is 11.8 Å². The fraction of sp³-hybridized carbons (Fsp3) is 0.182. The molecule has 0 unspecified atom stereocenters. The predicted molar refractivity (Wildman–Crippen MR) is 103 cm³/mol. The van der Waals surface area contributed by atoms with Crippen molar-refractivity contribution in [3.05, 3.63) is 83.2 Å². The number of benzene rings is 2. The molecule has 134 valence electrons. The Kier molecular flexibility index (Phi) is 6.23. The molecule has 0 saturated carbocycles. The van der Waals surface area contributed by atoms with Crippen LogP contribution in [-0.2, 0) is 9.59 Å². The van der Waals surface area contributed by atoms with Gasteiger partial charge in [-0.25, -0.2) is 4.39 Å². The second-order valence-electron chi connectivity index (χ2n) is 6.44. The number of hydrogen-bond acceptors (Lipinski definition) is 2. The molecule has 2 rings (SSSR count). The van der Waals surface area contributed by atoms with Crippen molar-refractivity contribution in [2.75, 3.05) is 0 Å². The lowest BCUT2D eigenvalue weighted by atomic mass is 10.0. The highest BCUT2D eigenvalue weighted by Crippen LogP contribution is 2.20. The van der Waals surface area contributed by atoms with Gasteiger partial charge < -0.3 is 0 Å².